The smallest absolute Gasteiger partial charge is 0.281 e. The lowest BCUT2D eigenvalue weighted by atomic mass is 10.3. The molecule has 0 fully saturated rings. The highest BCUT2D eigenvalue weighted by atomic mass is 16.5. The lowest BCUT2D eigenvalue weighted by molar-refractivity contribution is 0.332. The number of aromatic hydroxyl groups is 1. The Morgan fingerprint density at radius 3 is 2.75 bits per heavy atom. The van der Waals surface area contributed by atoms with Gasteiger partial charge in [-0.05, 0) is 12.0 Å². The van der Waals surface area contributed by atoms with Crippen molar-refractivity contribution in [3.63, 3.8) is 0 Å². The van der Waals surface area contributed by atoms with E-state index in [4.69, 9.17) is 5.11 Å². The topological polar surface area (TPSA) is 33.4 Å². The summed E-state index contributed by atoms with van der Waals surface area (Å²) < 4.78 is 4.61. The number of hydrogen-bond acceptors (Lipinski definition) is 2. The minimum absolute atomic E-state index is 0.00171. The summed E-state index contributed by atoms with van der Waals surface area (Å²) in [5, 5.41) is 8.62. The van der Waals surface area contributed by atoms with Gasteiger partial charge in [0.1, 0.15) is 0 Å². The predicted molar refractivity (Wildman–Crippen MR) is 29.8 cm³/mol. The first kappa shape index (κ1) is 5.22. The Hall–Kier alpha value is -0.920. The third-order valence-corrected chi connectivity index (χ3v) is 1.05. The van der Waals surface area contributed by atoms with E-state index in [1.165, 1.54) is 0 Å². The molecule has 0 spiro atoms. The van der Waals surface area contributed by atoms with Crippen molar-refractivity contribution in [3.05, 3.63) is 17.9 Å². The summed E-state index contributed by atoms with van der Waals surface area (Å²) in [5.41, 5.74) is 1.03. The zero-order valence-electron chi connectivity index (χ0n) is 4.72. The Morgan fingerprint density at radius 2 is 2.50 bits per heavy atom. The molecule has 1 heterocycles. The van der Waals surface area contributed by atoms with Crippen molar-refractivity contribution >= 4 is 0 Å². The van der Waals surface area contributed by atoms with Gasteiger partial charge >= 0.3 is 0 Å². The molecule has 0 bridgehead atoms. The van der Waals surface area contributed by atoms with E-state index >= 15 is 0 Å². The molecule has 8 heavy (non-hydrogen) atoms. The Balaban J connectivity index is 2.84. The average Bonchev–Trinajstić information content (AvgIpc) is 2.14. The van der Waals surface area contributed by atoms with Gasteiger partial charge in [-0.2, -0.15) is 0 Å². The van der Waals surface area contributed by atoms with Crippen molar-refractivity contribution in [1.29, 1.82) is 0 Å². The van der Waals surface area contributed by atoms with Crippen LogP contribution in [-0.4, -0.2) is 5.11 Å². The molecule has 0 saturated carbocycles. The minimum atomic E-state index is 0.00171. The van der Waals surface area contributed by atoms with E-state index in [2.05, 4.69) is 4.42 Å². The molecule has 0 aromatic carbocycles. The maximum absolute atomic E-state index is 8.62. The molecular weight excluding hydrogens is 104 g/mol. The van der Waals surface area contributed by atoms with Gasteiger partial charge in [-0.1, -0.05) is 6.92 Å². The van der Waals surface area contributed by atoms with Crippen molar-refractivity contribution in [2.45, 2.75) is 13.3 Å². The summed E-state index contributed by atoms with van der Waals surface area (Å²) in [7, 11) is 0. The lowest BCUT2D eigenvalue weighted by Gasteiger charge is -1.76. The van der Waals surface area contributed by atoms with Crippen LogP contribution in [0.5, 0.6) is 5.95 Å². The third-order valence-electron chi connectivity index (χ3n) is 1.05. The Morgan fingerprint density at radius 1 is 1.75 bits per heavy atom. The highest BCUT2D eigenvalue weighted by Gasteiger charge is 1.93. The molecule has 2 nitrogen and oxygen atoms in total. The minimum Gasteiger partial charge on any atom is -0.481 e. The van der Waals surface area contributed by atoms with Crippen LogP contribution in [0, 0.1) is 0 Å². The molecule has 0 amide bonds. The van der Waals surface area contributed by atoms with Crippen molar-refractivity contribution in [2.75, 3.05) is 0 Å². The molecule has 1 aromatic rings. The molecule has 0 atom stereocenters. The van der Waals surface area contributed by atoms with Gasteiger partial charge in [0.25, 0.3) is 5.95 Å². The quantitative estimate of drug-likeness (QED) is 0.597. The Kier molecular flexibility index (Phi) is 1.24. The van der Waals surface area contributed by atoms with Crippen molar-refractivity contribution in [1.82, 2.24) is 0 Å². The van der Waals surface area contributed by atoms with E-state index in [-0.39, 0.29) is 5.95 Å². The van der Waals surface area contributed by atoms with Crippen molar-refractivity contribution < 1.29 is 9.52 Å². The van der Waals surface area contributed by atoms with Gasteiger partial charge < -0.3 is 9.52 Å². The van der Waals surface area contributed by atoms with Gasteiger partial charge in [-0.25, -0.2) is 0 Å². The third kappa shape index (κ3) is 0.832. The second kappa shape index (κ2) is 1.90. The Labute approximate surface area is 47.7 Å². The van der Waals surface area contributed by atoms with E-state index in [0.29, 0.717) is 0 Å². The molecule has 0 aliphatic carbocycles. The molecule has 1 aromatic heterocycles. The standard InChI is InChI=1S/C6H8O2/c1-2-5-3-6(7)8-4-5/h3-4,7H,2H2,1H3. The number of furan rings is 1. The van der Waals surface area contributed by atoms with E-state index in [9.17, 15) is 0 Å². The summed E-state index contributed by atoms with van der Waals surface area (Å²) in [5.74, 6) is 0.00171. The van der Waals surface area contributed by atoms with Crippen LogP contribution in [0.4, 0.5) is 0 Å². The first-order valence-corrected chi connectivity index (χ1v) is 2.59. The predicted octanol–water partition coefficient (Wildman–Crippen LogP) is 1.55. The highest BCUT2D eigenvalue weighted by Crippen LogP contribution is 2.12. The molecule has 0 saturated heterocycles. The zero-order valence-corrected chi connectivity index (χ0v) is 4.72. The summed E-state index contributed by atoms with van der Waals surface area (Å²) >= 11 is 0. The summed E-state index contributed by atoms with van der Waals surface area (Å²) in [4.78, 5) is 0. The zero-order chi connectivity index (χ0) is 5.98. The van der Waals surface area contributed by atoms with E-state index < -0.39 is 0 Å². The van der Waals surface area contributed by atoms with Crippen LogP contribution in [0.3, 0.4) is 0 Å². The first-order chi connectivity index (χ1) is 3.83. The first-order valence-electron chi connectivity index (χ1n) is 2.59. The van der Waals surface area contributed by atoms with Crippen LogP contribution < -0.4 is 0 Å². The number of hydrogen-bond donors (Lipinski definition) is 1. The van der Waals surface area contributed by atoms with Gasteiger partial charge in [0.2, 0.25) is 0 Å². The van der Waals surface area contributed by atoms with Crippen LogP contribution in [0.2, 0.25) is 0 Å². The van der Waals surface area contributed by atoms with E-state index in [0.717, 1.165) is 12.0 Å². The van der Waals surface area contributed by atoms with E-state index in [1.54, 1.807) is 12.3 Å². The second-order valence-corrected chi connectivity index (χ2v) is 1.65. The van der Waals surface area contributed by atoms with Crippen LogP contribution in [0.15, 0.2) is 16.7 Å². The van der Waals surface area contributed by atoms with Gasteiger partial charge in [0.15, 0.2) is 0 Å². The van der Waals surface area contributed by atoms with Crippen molar-refractivity contribution in [3.8, 4) is 5.95 Å². The SMILES string of the molecule is CCc1coc(O)c1. The highest BCUT2D eigenvalue weighted by molar-refractivity contribution is 5.14. The van der Waals surface area contributed by atoms with E-state index in [1.807, 2.05) is 6.92 Å². The fourth-order valence-corrected chi connectivity index (χ4v) is 0.548. The molecule has 0 unspecified atom stereocenters. The maximum atomic E-state index is 8.62. The Bertz CT molecular complexity index is 167. The fraction of sp³-hybridized carbons (Fsp3) is 0.333. The molecule has 0 radical (unpaired) electrons. The normalized spacial score (nSPS) is 9.62. The largest absolute Gasteiger partial charge is 0.481 e. The summed E-state index contributed by atoms with van der Waals surface area (Å²) in [6, 6.07) is 1.61. The fourth-order valence-electron chi connectivity index (χ4n) is 0.548. The van der Waals surface area contributed by atoms with Crippen LogP contribution in [-0.2, 0) is 6.42 Å². The summed E-state index contributed by atoms with van der Waals surface area (Å²) in [6.45, 7) is 2.00. The molecule has 0 aliphatic rings. The molecule has 44 valence electrons. The molecule has 1 rings (SSSR count). The van der Waals surface area contributed by atoms with Crippen LogP contribution in [0.25, 0.3) is 0 Å². The average molecular weight is 112 g/mol. The molecule has 2 heteroatoms. The van der Waals surface area contributed by atoms with Crippen molar-refractivity contribution in [2.24, 2.45) is 0 Å². The lowest BCUT2D eigenvalue weighted by Crippen LogP contribution is -1.67. The second-order valence-electron chi connectivity index (χ2n) is 1.65. The van der Waals surface area contributed by atoms with Gasteiger partial charge in [-0.15, -0.1) is 0 Å². The molecular formula is C6H8O2. The maximum Gasteiger partial charge on any atom is 0.281 e. The number of aryl methyl sites for hydroxylation is 1. The van der Waals surface area contributed by atoms with Gasteiger partial charge in [-0.3, -0.25) is 0 Å². The van der Waals surface area contributed by atoms with Crippen LogP contribution >= 0.6 is 0 Å². The van der Waals surface area contributed by atoms with Gasteiger partial charge in [0, 0.05) is 6.07 Å². The molecule has 0 aliphatic heterocycles. The number of rotatable bonds is 1. The van der Waals surface area contributed by atoms with Gasteiger partial charge in [0.05, 0.1) is 6.26 Å². The summed E-state index contributed by atoms with van der Waals surface area (Å²) in [6.07, 6.45) is 2.46. The molecule has 1 N–H and O–H groups in total. The van der Waals surface area contributed by atoms with Crippen LogP contribution in [0.1, 0.15) is 12.5 Å². The monoisotopic (exact) mass is 112 g/mol.